The minimum absolute atomic E-state index is 0.00866. The second kappa shape index (κ2) is 14.8. The summed E-state index contributed by atoms with van der Waals surface area (Å²) in [6.07, 6.45) is 7.67. The molecule has 1 atom stereocenters. The van der Waals surface area contributed by atoms with Crippen molar-refractivity contribution in [3.8, 4) is 0 Å². The first-order chi connectivity index (χ1) is 13.0. The van der Waals surface area contributed by atoms with Crippen LogP contribution in [0, 0.1) is 5.92 Å². The molecule has 156 valence electrons. The predicted molar refractivity (Wildman–Crippen MR) is 117 cm³/mol. The molecule has 2 rings (SSSR count). The Morgan fingerprint density at radius 3 is 2.07 bits per heavy atom. The minimum atomic E-state index is -1.29. The first-order valence-electron chi connectivity index (χ1n) is 11.0. The zero-order valence-electron chi connectivity index (χ0n) is 18.6. The number of hydrogen-bond donors (Lipinski definition) is 1. The Morgan fingerprint density at radius 2 is 1.56 bits per heavy atom. The van der Waals surface area contributed by atoms with E-state index in [0.717, 1.165) is 50.6 Å². The van der Waals surface area contributed by atoms with Gasteiger partial charge in [0.25, 0.3) is 0 Å². The van der Waals surface area contributed by atoms with Crippen LogP contribution >= 0.6 is 0 Å². The fourth-order valence-electron chi connectivity index (χ4n) is 3.74. The zero-order valence-corrected chi connectivity index (χ0v) is 18.6. The van der Waals surface area contributed by atoms with E-state index >= 15 is 0 Å². The van der Waals surface area contributed by atoms with E-state index in [9.17, 15) is 9.90 Å². The van der Waals surface area contributed by atoms with Gasteiger partial charge in [0, 0.05) is 6.42 Å². The number of carbonyl (C=O) groups is 1. The van der Waals surface area contributed by atoms with Crippen LogP contribution in [0.25, 0.3) is 0 Å². The Labute approximate surface area is 168 Å². The van der Waals surface area contributed by atoms with Crippen LogP contribution in [0.1, 0.15) is 84.6 Å². The highest BCUT2D eigenvalue weighted by Gasteiger charge is 2.44. The molecule has 1 unspecified atom stereocenters. The lowest BCUT2D eigenvalue weighted by Crippen LogP contribution is -2.44. The Hall–Kier alpha value is -1.19. The third kappa shape index (κ3) is 8.15. The van der Waals surface area contributed by atoms with E-state index in [4.69, 9.17) is 0 Å². The second-order valence-electron chi connectivity index (χ2n) is 7.15. The quantitative estimate of drug-likeness (QED) is 0.581. The summed E-state index contributed by atoms with van der Waals surface area (Å²) in [5.41, 5.74) is -0.510. The van der Waals surface area contributed by atoms with Crippen LogP contribution in [-0.4, -0.2) is 36.4 Å². The van der Waals surface area contributed by atoms with Gasteiger partial charge >= 0.3 is 0 Å². The van der Waals surface area contributed by atoms with Crippen molar-refractivity contribution >= 4 is 5.78 Å². The maximum atomic E-state index is 12.9. The minimum Gasteiger partial charge on any atom is -0.377 e. The molecule has 3 heteroatoms. The van der Waals surface area contributed by atoms with Crippen molar-refractivity contribution in [3.05, 3.63) is 35.9 Å². The summed E-state index contributed by atoms with van der Waals surface area (Å²) in [5, 5.41) is 11.4. The number of unbranched alkanes of at least 4 members (excludes halogenated alkanes) is 1. The number of carbonyl (C=O) groups excluding carboxylic acids is 1. The summed E-state index contributed by atoms with van der Waals surface area (Å²) in [5.74, 6) is 0.0781. The Kier molecular flexibility index (Phi) is 14.2. The van der Waals surface area contributed by atoms with E-state index < -0.39 is 5.60 Å². The Bertz CT molecular complexity index is 480. The molecule has 1 aliphatic rings. The molecule has 1 saturated carbocycles. The highest BCUT2D eigenvalue weighted by molar-refractivity contribution is 5.88. The fraction of sp³-hybridized carbons (Fsp3) is 0.708. The number of aliphatic hydroxyl groups is 1. The van der Waals surface area contributed by atoms with Crippen molar-refractivity contribution in [3.63, 3.8) is 0 Å². The normalized spacial score (nSPS) is 16.4. The van der Waals surface area contributed by atoms with Gasteiger partial charge in [-0.15, -0.1) is 0 Å². The van der Waals surface area contributed by atoms with Gasteiger partial charge in [0.2, 0.25) is 0 Å². The van der Waals surface area contributed by atoms with Gasteiger partial charge in [0.05, 0.1) is 0 Å². The van der Waals surface area contributed by atoms with E-state index in [1.54, 1.807) is 0 Å². The maximum Gasteiger partial charge on any atom is 0.169 e. The molecule has 0 radical (unpaired) electrons. The molecule has 1 aliphatic carbocycles. The monoisotopic (exact) mass is 377 g/mol. The van der Waals surface area contributed by atoms with Crippen LogP contribution in [-0.2, 0) is 10.4 Å². The summed E-state index contributed by atoms with van der Waals surface area (Å²) in [6.45, 7) is 8.99. The van der Waals surface area contributed by atoms with Crippen molar-refractivity contribution in [1.29, 1.82) is 0 Å². The Morgan fingerprint density at radius 1 is 1.00 bits per heavy atom. The van der Waals surface area contributed by atoms with E-state index in [-0.39, 0.29) is 11.7 Å². The van der Waals surface area contributed by atoms with Gasteiger partial charge in [-0.3, -0.25) is 4.79 Å². The number of nitrogens with zero attached hydrogens (tertiary/aromatic N) is 1. The summed E-state index contributed by atoms with van der Waals surface area (Å²) < 4.78 is 0. The van der Waals surface area contributed by atoms with Crippen molar-refractivity contribution < 1.29 is 9.90 Å². The van der Waals surface area contributed by atoms with E-state index in [1.807, 2.05) is 72.1 Å². The second-order valence-corrected chi connectivity index (χ2v) is 7.15. The molecule has 1 aromatic rings. The van der Waals surface area contributed by atoms with Gasteiger partial charge in [0.1, 0.15) is 0 Å². The first kappa shape index (κ1) is 25.8. The van der Waals surface area contributed by atoms with Gasteiger partial charge in [0.15, 0.2) is 11.4 Å². The average Bonchev–Trinajstić information content (AvgIpc) is 2.74. The lowest BCUT2D eigenvalue weighted by molar-refractivity contribution is -0.147. The van der Waals surface area contributed by atoms with Crippen LogP contribution in [0.3, 0.4) is 0 Å². The molecular formula is C24H43NO2. The maximum absolute atomic E-state index is 12.9. The molecule has 0 saturated heterocycles. The SMILES string of the molecule is CC.CC.CN(C)CCCCC(=O)C(O)(c1ccccc1)C1CCCCC1. The molecule has 0 aliphatic heterocycles. The third-order valence-corrected chi connectivity index (χ3v) is 5.09. The van der Waals surface area contributed by atoms with Crippen LogP contribution in [0.2, 0.25) is 0 Å². The predicted octanol–water partition coefficient (Wildman–Crippen LogP) is 5.81. The summed E-state index contributed by atoms with van der Waals surface area (Å²) in [7, 11) is 4.09. The number of hydrogen-bond acceptors (Lipinski definition) is 3. The smallest absolute Gasteiger partial charge is 0.169 e. The van der Waals surface area contributed by atoms with E-state index in [2.05, 4.69) is 4.90 Å². The first-order valence-corrected chi connectivity index (χ1v) is 11.0. The number of benzene rings is 1. The highest BCUT2D eigenvalue weighted by atomic mass is 16.3. The zero-order chi connectivity index (χ0) is 20.7. The molecular weight excluding hydrogens is 334 g/mol. The lowest BCUT2D eigenvalue weighted by Gasteiger charge is -2.38. The third-order valence-electron chi connectivity index (χ3n) is 5.09. The molecule has 27 heavy (non-hydrogen) atoms. The number of Topliss-reactive ketones (excluding diaryl/α,β-unsaturated/α-hetero) is 1. The molecule has 0 aromatic heterocycles. The fourth-order valence-corrected chi connectivity index (χ4v) is 3.74. The summed E-state index contributed by atoms with van der Waals surface area (Å²) in [4.78, 5) is 15.1. The molecule has 0 heterocycles. The molecule has 0 spiro atoms. The highest BCUT2D eigenvalue weighted by Crippen LogP contribution is 2.41. The molecule has 3 nitrogen and oxygen atoms in total. The van der Waals surface area contributed by atoms with Gasteiger partial charge in [-0.1, -0.05) is 77.3 Å². The van der Waals surface area contributed by atoms with Crippen molar-refractivity contribution in [1.82, 2.24) is 4.90 Å². The van der Waals surface area contributed by atoms with Crippen LogP contribution < -0.4 is 0 Å². The summed E-state index contributed by atoms with van der Waals surface area (Å²) in [6, 6.07) is 9.59. The average molecular weight is 378 g/mol. The van der Waals surface area contributed by atoms with Crippen molar-refractivity contribution in [2.45, 2.75) is 84.7 Å². The van der Waals surface area contributed by atoms with E-state index in [1.165, 1.54) is 6.42 Å². The van der Waals surface area contributed by atoms with Gasteiger partial charge in [-0.05, 0) is 57.8 Å². The van der Waals surface area contributed by atoms with Gasteiger partial charge < -0.3 is 10.0 Å². The molecule has 0 bridgehead atoms. The molecule has 1 aromatic carbocycles. The molecule has 1 fully saturated rings. The van der Waals surface area contributed by atoms with Crippen molar-refractivity contribution in [2.75, 3.05) is 20.6 Å². The van der Waals surface area contributed by atoms with Crippen molar-refractivity contribution in [2.24, 2.45) is 5.92 Å². The van der Waals surface area contributed by atoms with Crippen LogP contribution in [0.4, 0.5) is 0 Å². The Balaban J connectivity index is 0.00000158. The van der Waals surface area contributed by atoms with Gasteiger partial charge in [-0.2, -0.15) is 0 Å². The number of ketones is 1. The standard InChI is InChI=1S/C20H31NO2.2C2H6/c1-21(2)16-10-9-15-19(22)20(23,17-11-5-3-6-12-17)18-13-7-4-8-14-18;2*1-2/h3,5-6,11-12,18,23H,4,7-10,13-16H2,1-2H3;2*1-2H3. The molecule has 1 N–H and O–H groups in total. The number of rotatable bonds is 8. The van der Waals surface area contributed by atoms with Crippen LogP contribution in [0.15, 0.2) is 30.3 Å². The topological polar surface area (TPSA) is 40.5 Å². The largest absolute Gasteiger partial charge is 0.377 e. The van der Waals surface area contributed by atoms with E-state index in [0.29, 0.717) is 6.42 Å². The lowest BCUT2D eigenvalue weighted by atomic mass is 9.70. The summed E-state index contributed by atoms with van der Waals surface area (Å²) >= 11 is 0. The van der Waals surface area contributed by atoms with Gasteiger partial charge in [-0.25, -0.2) is 0 Å². The van der Waals surface area contributed by atoms with Crippen LogP contribution in [0.5, 0.6) is 0 Å². The molecule has 0 amide bonds.